The van der Waals surface area contributed by atoms with Crippen LogP contribution in [0.4, 0.5) is 17.6 Å². The van der Waals surface area contributed by atoms with Gasteiger partial charge in [-0.1, -0.05) is 0 Å². The Bertz CT molecular complexity index is 1670. The van der Waals surface area contributed by atoms with E-state index in [0.29, 0.717) is 35.4 Å². The molecule has 17 nitrogen and oxygen atoms in total. The summed E-state index contributed by atoms with van der Waals surface area (Å²) in [6.45, 7) is 0.618. The largest absolute Gasteiger partial charge is 0.369 e. The molecule has 1 aliphatic rings. The van der Waals surface area contributed by atoms with Gasteiger partial charge in [0.15, 0.2) is 28.4 Å². The third-order valence-electron chi connectivity index (χ3n) is 5.33. The van der Waals surface area contributed by atoms with Gasteiger partial charge in [-0.3, -0.25) is 9.68 Å². The molecule has 0 saturated heterocycles. The second kappa shape index (κ2) is 12.7. The van der Waals surface area contributed by atoms with Gasteiger partial charge >= 0.3 is 5.69 Å². The summed E-state index contributed by atoms with van der Waals surface area (Å²) in [5.41, 5.74) is 9.07. The molecule has 0 saturated carbocycles. The number of rotatable bonds is 4. The van der Waals surface area contributed by atoms with Gasteiger partial charge in [-0.2, -0.15) is 15.0 Å². The number of anilines is 2. The van der Waals surface area contributed by atoms with Crippen molar-refractivity contribution >= 4 is 46.3 Å². The Morgan fingerprint density at radius 2 is 1.85 bits per heavy atom. The average Bonchev–Trinajstić information content (AvgIpc) is 3.52. The second-order valence-corrected chi connectivity index (χ2v) is 8.71. The fraction of sp³-hybridized carbons (Fsp3) is 0.348. The zero-order valence-corrected chi connectivity index (χ0v) is 23.0. The van der Waals surface area contributed by atoms with E-state index in [1.807, 2.05) is 32.8 Å². The molecule has 0 atom stereocenters. The Morgan fingerprint density at radius 3 is 2.60 bits per heavy atom. The smallest absolute Gasteiger partial charge is 0.349 e. The standard InChI is InChI=1S/C10H15N7O.C7H9N3O2.C6H6N4/c1-16(2)5-12-10-13-8(15-18-4)7-9(14-10)17(3)6-11-7;1-10-4-5-2-3-12-9-6(5)8-7(10)11;1-10-4-9-5-2-7-3-8-6(5)10/h5-6H,1-4H3,(H,13,14,15);4H,2-3H2,1H3,(H,8,9,11);2-4H,1H3. The number of fused-ring (bicyclic) bond motifs is 3. The number of aliphatic imine (C=N–C) groups is 1. The van der Waals surface area contributed by atoms with Crippen LogP contribution in [0.15, 0.2) is 41.2 Å². The minimum absolute atomic E-state index is 0.272. The highest BCUT2D eigenvalue weighted by atomic mass is 16.6. The van der Waals surface area contributed by atoms with Gasteiger partial charge in [0.05, 0.1) is 38.9 Å². The molecule has 0 spiro atoms. The minimum Gasteiger partial charge on any atom is -0.369 e. The van der Waals surface area contributed by atoms with Crippen LogP contribution in [0.3, 0.4) is 0 Å². The van der Waals surface area contributed by atoms with Crippen LogP contribution in [-0.2, 0) is 37.2 Å². The SMILES string of the molecule is CONc1nc(N=CN(C)C)nc2c1ncn2C.Cn1cc2c(nc1=O)NOCC2.Cn1cnc2cncnc21. The van der Waals surface area contributed by atoms with Crippen LogP contribution in [0, 0.1) is 0 Å². The number of hydrogen-bond acceptors (Lipinski definition) is 13. The third kappa shape index (κ3) is 6.69. The molecule has 0 radical (unpaired) electrons. The van der Waals surface area contributed by atoms with Crippen LogP contribution in [0.25, 0.3) is 22.3 Å². The summed E-state index contributed by atoms with van der Waals surface area (Å²) in [7, 11) is 10.7. The number of hydrogen-bond donors (Lipinski definition) is 2. The van der Waals surface area contributed by atoms with E-state index in [1.54, 1.807) is 47.9 Å². The van der Waals surface area contributed by atoms with Gasteiger partial charge in [-0.25, -0.2) is 40.7 Å². The Balaban J connectivity index is 0.000000146. The molecule has 0 aliphatic carbocycles. The van der Waals surface area contributed by atoms with Crippen molar-refractivity contribution in [1.82, 2.24) is 53.5 Å². The first-order chi connectivity index (χ1) is 19.3. The molecule has 6 heterocycles. The predicted octanol–water partition coefficient (Wildman–Crippen LogP) is 0.601. The second-order valence-electron chi connectivity index (χ2n) is 8.71. The summed E-state index contributed by atoms with van der Waals surface area (Å²) in [5.74, 6) is 1.39. The monoisotopic (exact) mass is 550 g/mol. The highest BCUT2D eigenvalue weighted by Crippen LogP contribution is 2.21. The topological polar surface area (TPSA) is 180 Å². The fourth-order valence-electron chi connectivity index (χ4n) is 3.42. The quantitative estimate of drug-likeness (QED) is 0.181. The zero-order valence-electron chi connectivity index (χ0n) is 23.0. The van der Waals surface area contributed by atoms with Gasteiger partial charge in [-0.05, 0) is 0 Å². The van der Waals surface area contributed by atoms with Gasteiger partial charge in [0.25, 0.3) is 5.95 Å². The molecule has 0 aromatic carbocycles. The fourth-order valence-corrected chi connectivity index (χ4v) is 3.42. The molecule has 5 aromatic heterocycles. The van der Waals surface area contributed by atoms with Crippen molar-refractivity contribution in [2.75, 3.05) is 38.8 Å². The summed E-state index contributed by atoms with van der Waals surface area (Å²) in [6.07, 6.45) is 10.8. The van der Waals surface area contributed by atoms with Crippen molar-refractivity contribution in [2.24, 2.45) is 26.1 Å². The van der Waals surface area contributed by atoms with E-state index in [9.17, 15) is 4.79 Å². The van der Waals surface area contributed by atoms with Crippen LogP contribution in [0.1, 0.15) is 5.56 Å². The van der Waals surface area contributed by atoms with Gasteiger partial charge < -0.3 is 18.6 Å². The van der Waals surface area contributed by atoms with E-state index < -0.39 is 0 Å². The van der Waals surface area contributed by atoms with Crippen molar-refractivity contribution in [3.05, 3.63) is 47.4 Å². The van der Waals surface area contributed by atoms with Gasteiger partial charge in [0.2, 0.25) is 0 Å². The molecule has 2 N–H and O–H groups in total. The molecule has 0 unspecified atom stereocenters. The molecule has 6 rings (SSSR count). The highest BCUT2D eigenvalue weighted by Gasteiger charge is 2.12. The maximum Gasteiger partial charge on any atom is 0.349 e. The molecular weight excluding hydrogens is 520 g/mol. The number of aryl methyl sites for hydroxylation is 3. The summed E-state index contributed by atoms with van der Waals surface area (Å²) >= 11 is 0. The molecule has 0 amide bonds. The van der Waals surface area contributed by atoms with E-state index >= 15 is 0 Å². The molecule has 40 heavy (non-hydrogen) atoms. The van der Waals surface area contributed by atoms with Crippen molar-refractivity contribution in [3.63, 3.8) is 0 Å². The Morgan fingerprint density at radius 1 is 1.07 bits per heavy atom. The minimum atomic E-state index is -0.272. The van der Waals surface area contributed by atoms with E-state index in [4.69, 9.17) is 9.68 Å². The van der Waals surface area contributed by atoms with E-state index in [1.165, 1.54) is 18.0 Å². The molecule has 210 valence electrons. The Hall–Kier alpha value is -5.03. The lowest BCUT2D eigenvalue weighted by atomic mass is 10.2. The molecular formula is C23H30N14O3. The van der Waals surface area contributed by atoms with Crippen LogP contribution in [0.2, 0.25) is 0 Å². The normalized spacial score (nSPS) is 12.2. The number of imidazole rings is 2. The maximum absolute atomic E-state index is 11.0. The number of nitrogens with zero attached hydrogens (tertiary/aromatic N) is 12. The van der Waals surface area contributed by atoms with Crippen molar-refractivity contribution in [2.45, 2.75) is 6.42 Å². The Labute approximate surface area is 228 Å². The molecule has 5 aromatic rings. The van der Waals surface area contributed by atoms with Crippen molar-refractivity contribution in [3.8, 4) is 0 Å². The first kappa shape index (κ1) is 28.0. The van der Waals surface area contributed by atoms with Gasteiger partial charge in [0.1, 0.15) is 11.8 Å². The molecule has 0 bridgehead atoms. The average molecular weight is 551 g/mol. The molecule has 1 aliphatic heterocycles. The van der Waals surface area contributed by atoms with Crippen molar-refractivity contribution in [1.29, 1.82) is 0 Å². The van der Waals surface area contributed by atoms with Gasteiger partial charge in [-0.15, -0.1) is 0 Å². The lowest BCUT2D eigenvalue weighted by Crippen LogP contribution is -2.26. The Kier molecular flexibility index (Phi) is 8.87. The van der Waals surface area contributed by atoms with Crippen LogP contribution in [0.5, 0.6) is 0 Å². The maximum atomic E-state index is 11.0. The number of aromatic nitrogens is 10. The summed E-state index contributed by atoms with van der Waals surface area (Å²) in [6, 6.07) is 0. The van der Waals surface area contributed by atoms with Crippen molar-refractivity contribution < 1.29 is 9.68 Å². The molecule has 17 heteroatoms. The lowest BCUT2D eigenvalue weighted by molar-refractivity contribution is 0.184. The first-order valence-electron chi connectivity index (χ1n) is 12.0. The van der Waals surface area contributed by atoms with Crippen LogP contribution < -0.4 is 16.6 Å². The highest BCUT2D eigenvalue weighted by molar-refractivity contribution is 5.83. The van der Waals surface area contributed by atoms with E-state index in [-0.39, 0.29) is 5.69 Å². The van der Waals surface area contributed by atoms with Crippen LogP contribution in [-0.4, -0.2) is 87.6 Å². The first-order valence-corrected chi connectivity index (χ1v) is 12.0. The van der Waals surface area contributed by atoms with E-state index in [0.717, 1.165) is 23.1 Å². The zero-order chi connectivity index (χ0) is 28.6. The van der Waals surface area contributed by atoms with Crippen LogP contribution >= 0.6 is 0 Å². The molecule has 0 fully saturated rings. The summed E-state index contributed by atoms with van der Waals surface area (Å²) < 4.78 is 5.12. The van der Waals surface area contributed by atoms with Gasteiger partial charge in [0, 0.05) is 53.4 Å². The predicted molar refractivity (Wildman–Crippen MR) is 148 cm³/mol. The summed E-state index contributed by atoms with van der Waals surface area (Å²) in [5, 5.41) is 0. The third-order valence-corrected chi connectivity index (χ3v) is 5.33. The summed E-state index contributed by atoms with van der Waals surface area (Å²) in [4.78, 5) is 55.3. The number of nitrogens with one attached hydrogen (secondary N) is 2. The van der Waals surface area contributed by atoms with E-state index in [2.05, 4.69) is 50.8 Å². The lowest BCUT2D eigenvalue weighted by Gasteiger charge is -2.16.